The Labute approximate surface area is 114 Å². The minimum absolute atomic E-state index is 0.0652. The lowest BCUT2D eigenvalue weighted by Crippen LogP contribution is -2.30. The van der Waals surface area contributed by atoms with Crippen LogP contribution in [0.15, 0.2) is 30.3 Å². The van der Waals surface area contributed by atoms with Gasteiger partial charge in [-0.15, -0.1) is 0 Å². The van der Waals surface area contributed by atoms with E-state index >= 15 is 0 Å². The number of hydrogen-bond acceptors (Lipinski definition) is 2. The van der Waals surface area contributed by atoms with E-state index in [0.717, 1.165) is 28.7 Å². The van der Waals surface area contributed by atoms with Crippen LogP contribution in [0.25, 0.3) is 10.9 Å². The van der Waals surface area contributed by atoms with Crippen molar-refractivity contribution in [3.8, 4) is 0 Å². The lowest BCUT2D eigenvalue weighted by atomic mass is 10.1. The third-order valence-corrected chi connectivity index (χ3v) is 3.06. The maximum Gasteiger partial charge on any atom is 0.254 e. The molecule has 0 fully saturated rings. The Hall–Kier alpha value is -1.90. The summed E-state index contributed by atoms with van der Waals surface area (Å²) in [5.74, 6) is 0.526. The van der Waals surface area contributed by atoms with Crippen LogP contribution in [0, 0.1) is 12.8 Å². The van der Waals surface area contributed by atoms with Crippen LogP contribution in [0.4, 0.5) is 0 Å². The van der Waals surface area contributed by atoms with E-state index in [1.165, 1.54) is 0 Å². The fourth-order valence-corrected chi connectivity index (χ4v) is 2.32. The van der Waals surface area contributed by atoms with E-state index in [-0.39, 0.29) is 5.91 Å². The molecule has 2 rings (SSSR count). The Balaban J connectivity index is 2.47. The standard InChI is InChI=1S/C16H20N2O/c1-11(2)10-18(4)16(19)14-9-12(3)17-15-8-6-5-7-13(14)15/h5-9,11H,10H2,1-4H3. The van der Waals surface area contributed by atoms with Crippen molar-refractivity contribution in [2.75, 3.05) is 13.6 Å². The topological polar surface area (TPSA) is 33.2 Å². The summed E-state index contributed by atoms with van der Waals surface area (Å²) in [5, 5.41) is 0.925. The number of para-hydroxylation sites is 1. The number of rotatable bonds is 3. The van der Waals surface area contributed by atoms with E-state index in [9.17, 15) is 4.79 Å². The molecule has 0 aliphatic rings. The average molecular weight is 256 g/mol. The minimum atomic E-state index is 0.0652. The molecule has 3 heteroatoms. The quantitative estimate of drug-likeness (QED) is 0.844. The van der Waals surface area contributed by atoms with Crippen LogP contribution in [0.1, 0.15) is 29.9 Å². The van der Waals surface area contributed by atoms with E-state index in [4.69, 9.17) is 0 Å². The van der Waals surface area contributed by atoms with Gasteiger partial charge in [-0.25, -0.2) is 0 Å². The molecular weight excluding hydrogens is 236 g/mol. The lowest BCUT2D eigenvalue weighted by molar-refractivity contribution is 0.0781. The normalized spacial score (nSPS) is 11.0. The summed E-state index contributed by atoms with van der Waals surface area (Å²) in [4.78, 5) is 18.8. The van der Waals surface area contributed by atoms with Crippen LogP contribution in [0.3, 0.4) is 0 Å². The summed E-state index contributed by atoms with van der Waals surface area (Å²) in [6.07, 6.45) is 0. The van der Waals surface area contributed by atoms with Crippen LogP contribution in [-0.4, -0.2) is 29.4 Å². The predicted octanol–water partition coefficient (Wildman–Crippen LogP) is 3.27. The first-order valence-electron chi connectivity index (χ1n) is 6.61. The second-order valence-corrected chi connectivity index (χ2v) is 5.41. The smallest absolute Gasteiger partial charge is 0.254 e. The molecule has 1 amide bonds. The highest BCUT2D eigenvalue weighted by molar-refractivity contribution is 6.06. The number of aryl methyl sites for hydroxylation is 1. The van der Waals surface area contributed by atoms with Crippen molar-refractivity contribution in [1.82, 2.24) is 9.88 Å². The largest absolute Gasteiger partial charge is 0.341 e. The van der Waals surface area contributed by atoms with Gasteiger partial charge in [0.25, 0.3) is 5.91 Å². The second-order valence-electron chi connectivity index (χ2n) is 5.41. The molecule has 1 heterocycles. The van der Waals surface area contributed by atoms with Gasteiger partial charge >= 0.3 is 0 Å². The molecule has 0 atom stereocenters. The average Bonchev–Trinajstić information content (AvgIpc) is 2.36. The Morgan fingerprint density at radius 1 is 1.32 bits per heavy atom. The molecule has 0 unspecified atom stereocenters. The highest BCUT2D eigenvalue weighted by atomic mass is 16.2. The van der Waals surface area contributed by atoms with E-state index < -0.39 is 0 Å². The van der Waals surface area contributed by atoms with Crippen molar-refractivity contribution in [3.63, 3.8) is 0 Å². The molecule has 1 aromatic carbocycles. The van der Waals surface area contributed by atoms with Crippen LogP contribution in [0.5, 0.6) is 0 Å². The van der Waals surface area contributed by atoms with E-state index in [1.54, 1.807) is 4.90 Å². The number of aromatic nitrogens is 1. The molecule has 0 bridgehead atoms. The number of pyridine rings is 1. The van der Waals surface area contributed by atoms with Gasteiger partial charge < -0.3 is 4.90 Å². The Morgan fingerprint density at radius 2 is 2.00 bits per heavy atom. The SMILES string of the molecule is Cc1cc(C(=O)N(C)CC(C)C)c2ccccc2n1. The van der Waals surface area contributed by atoms with Gasteiger partial charge in [0, 0.05) is 24.7 Å². The van der Waals surface area contributed by atoms with Gasteiger partial charge in [-0.3, -0.25) is 9.78 Å². The van der Waals surface area contributed by atoms with E-state index in [0.29, 0.717) is 5.92 Å². The second kappa shape index (κ2) is 5.39. The zero-order valence-electron chi connectivity index (χ0n) is 12.0. The fourth-order valence-electron chi connectivity index (χ4n) is 2.32. The molecule has 100 valence electrons. The molecule has 0 saturated carbocycles. The molecule has 0 spiro atoms. The molecule has 1 aromatic heterocycles. The Kier molecular flexibility index (Phi) is 3.84. The molecule has 0 N–H and O–H groups in total. The number of amides is 1. The van der Waals surface area contributed by atoms with E-state index in [2.05, 4.69) is 18.8 Å². The maximum atomic E-state index is 12.5. The van der Waals surface area contributed by atoms with Gasteiger partial charge in [-0.05, 0) is 25.0 Å². The predicted molar refractivity (Wildman–Crippen MR) is 78.3 cm³/mol. The van der Waals surface area contributed by atoms with Gasteiger partial charge in [-0.2, -0.15) is 0 Å². The van der Waals surface area contributed by atoms with E-state index in [1.807, 2.05) is 44.3 Å². The van der Waals surface area contributed by atoms with Crippen molar-refractivity contribution in [3.05, 3.63) is 41.6 Å². The van der Waals surface area contributed by atoms with Crippen LogP contribution in [-0.2, 0) is 0 Å². The highest BCUT2D eigenvalue weighted by Crippen LogP contribution is 2.19. The van der Waals surface area contributed by atoms with Crippen molar-refractivity contribution in [2.45, 2.75) is 20.8 Å². The number of hydrogen-bond donors (Lipinski definition) is 0. The molecule has 0 aliphatic carbocycles. The Morgan fingerprint density at radius 3 is 2.68 bits per heavy atom. The minimum Gasteiger partial charge on any atom is -0.341 e. The van der Waals surface area contributed by atoms with Crippen LogP contribution >= 0.6 is 0 Å². The third-order valence-electron chi connectivity index (χ3n) is 3.06. The van der Waals surface area contributed by atoms with Crippen molar-refractivity contribution < 1.29 is 4.79 Å². The van der Waals surface area contributed by atoms with Gasteiger partial charge in [0.1, 0.15) is 0 Å². The molecule has 0 radical (unpaired) electrons. The maximum absolute atomic E-state index is 12.5. The molecule has 0 saturated heterocycles. The lowest BCUT2D eigenvalue weighted by Gasteiger charge is -2.20. The van der Waals surface area contributed by atoms with Crippen LogP contribution < -0.4 is 0 Å². The number of carbonyl (C=O) groups excluding carboxylic acids is 1. The molecule has 0 aliphatic heterocycles. The summed E-state index contributed by atoms with van der Waals surface area (Å²) in [6.45, 7) is 6.90. The third kappa shape index (κ3) is 2.92. The summed E-state index contributed by atoms with van der Waals surface area (Å²) in [5.41, 5.74) is 2.50. The van der Waals surface area contributed by atoms with Gasteiger partial charge in [0.2, 0.25) is 0 Å². The fraction of sp³-hybridized carbons (Fsp3) is 0.375. The summed E-state index contributed by atoms with van der Waals surface area (Å²) < 4.78 is 0. The van der Waals surface area contributed by atoms with Gasteiger partial charge in [0.15, 0.2) is 0 Å². The first-order valence-corrected chi connectivity index (χ1v) is 6.61. The zero-order chi connectivity index (χ0) is 14.0. The summed E-state index contributed by atoms with van der Waals surface area (Å²) in [6, 6.07) is 9.67. The van der Waals surface area contributed by atoms with Crippen molar-refractivity contribution in [1.29, 1.82) is 0 Å². The highest BCUT2D eigenvalue weighted by Gasteiger charge is 2.16. The van der Waals surface area contributed by atoms with Crippen molar-refractivity contribution in [2.24, 2.45) is 5.92 Å². The molecular formula is C16H20N2O. The van der Waals surface area contributed by atoms with Crippen molar-refractivity contribution >= 4 is 16.8 Å². The van der Waals surface area contributed by atoms with Gasteiger partial charge in [-0.1, -0.05) is 32.0 Å². The molecule has 19 heavy (non-hydrogen) atoms. The zero-order valence-corrected chi connectivity index (χ0v) is 12.0. The first-order chi connectivity index (χ1) is 8.99. The molecule has 3 nitrogen and oxygen atoms in total. The van der Waals surface area contributed by atoms with Gasteiger partial charge in [0.05, 0.1) is 11.1 Å². The number of fused-ring (bicyclic) bond motifs is 1. The number of nitrogens with zero attached hydrogens (tertiary/aromatic N) is 2. The number of benzene rings is 1. The number of carbonyl (C=O) groups is 1. The monoisotopic (exact) mass is 256 g/mol. The summed E-state index contributed by atoms with van der Waals surface area (Å²) >= 11 is 0. The Bertz CT molecular complexity index is 605. The van der Waals surface area contributed by atoms with Crippen LogP contribution in [0.2, 0.25) is 0 Å². The first kappa shape index (κ1) is 13.5. The summed E-state index contributed by atoms with van der Waals surface area (Å²) in [7, 11) is 1.85. The molecule has 2 aromatic rings.